The summed E-state index contributed by atoms with van der Waals surface area (Å²) in [5.41, 5.74) is -1.15. The molecule has 24 heavy (non-hydrogen) atoms. The number of halogens is 3. The maximum Gasteiger partial charge on any atom is 0.412 e. The molecule has 0 aliphatic heterocycles. The molecule has 0 fully saturated rings. The molecule has 2 aromatic rings. The number of rotatable bonds is 5. The average molecular weight is 340 g/mol. The minimum Gasteiger partial charge on any atom is -0.385 e. The van der Waals surface area contributed by atoms with Crippen LogP contribution in [0, 0.1) is 0 Å². The molecule has 4 nitrogen and oxygen atoms in total. The van der Waals surface area contributed by atoms with Crippen molar-refractivity contribution in [2.45, 2.75) is 31.2 Å². The van der Waals surface area contributed by atoms with Gasteiger partial charge >= 0.3 is 6.18 Å². The molecule has 0 saturated heterocycles. The largest absolute Gasteiger partial charge is 0.412 e. The molecule has 2 rings (SSSR count). The molecule has 1 heterocycles. The molecule has 0 bridgehead atoms. The molecule has 1 amide bonds. The molecule has 1 aromatic carbocycles. The van der Waals surface area contributed by atoms with Crippen LogP contribution in [-0.2, 0) is 17.4 Å². The number of carbonyl (C=O) groups is 1. The highest BCUT2D eigenvalue weighted by Crippen LogP contribution is 2.33. The van der Waals surface area contributed by atoms with Gasteiger partial charge in [0.05, 0.1) is 12.0 Å². The van der Waals surface area contributed by atoms with E-state index in [-0.39, 0.29) is 5.56 Å². The van der Waals surface area contributed by atoms with Gasteiger partial charge in [0.1, 0.15) is 0 Å². The highest BCUT2D eigenvalue weighted by molar-refractivity contribution is 5.77. The van der Waals surface area contributed by atoms with Crippen LogP contribution in [0.5, 0.6) is 0 Å². The van der Waals surface area contributed by atoms with Crippen molar-refractivity contribution in [3.8, 4) is 0 Å². The Morgan fingerprint density at radius 1 is 1.25 bits per heavy atom. The molecular formula is C17H19F3N2O2. The van der Waals surface area contributed by atoms with Gasteiger partial charge in [0, 0.05) is 25.0 Å². The summed E-state index contributed by atoms with van der Waals surface area (Å²) in [5, 5.41) is 12.4. The Morgan fingerprint density at radius 2 is 1.88 bits per heavy atom. The number of nitrogens with zero attached hydrogens (tertiary/aromatic N) is 1. The molecule has 0 saturated carbocycles. The van der Waals surface area contributed by atoms with E-state index in [4.69, 9.17) is 0 Å². The summed E-state index contributed by atoms with van der Waals surface area (Å²) in [5.74, 6) is -0.880. The van der Waals surface area contributed by atoms with E-state index in [1.807, 2.05) is 5.32 Å². The molecule has 0 spiro atoms. The van der Waals surface area contributed by atoms with Crippen molar-refractivity contribution in [2.75, 3.05) is 0 Å². The van der Waals surface area contributed by atoms with Gasteiger partial charge in [-0.2, -0.15) is 13.2 Å². The summed E-state index contributed by atoms with van der Waals surface area (Å²) in [6.07, 6.45) is -2.33. The van der Waals surface area contributed by atoms with Crippen molar-refractivity contribution in [1.82, 2.24) is 9.88 Å². The van der Waals surface area contributed by atoms with Gasteiger partial charge < -0.3 is 15.0 Å². The summed E-state index contributed by atoms with van der Waals surface area (Å²) in [4.78, 5) is 12.1. The number of nitrogens with one attached hydrogen (secondary N) is 1. The van der Waals surface area contributed by atoms with Crippen LogP contribution in [-0.4, -0.2) is 21.8 Å². The van der Waals surface area contributed by atoms with Crippen molar-refractivity contribution in [2.24, 2.45) is 7.05 Å². The topological polar surface area (TPSA) is 54.3 Å². The molecule has 2 unspecified atom stereocenters. The third-order valence-electron chi connectivity index (χ3n) is 3.72. The SMILES string of the molecule is Cn1ccc(C(NC(=O)CC(C)(O)c2ccccc2)C(F)(F)F)c1. The Kier molecular flexibility index (Phi) is 5.03. The molecular weight excluding hydrogens is 321 g/mol. The summed E-state index contributed by atoms with van der Waals surface area (Å²) in [6, 6.07) is 7.53. The standard InChI is InChI=1S/C17H19F3N2O2/c1-16(24,13-6-4-3-5-7-13)10-14(23)21-15(17(18,19)20)12-8-9-22(2)11-12/h3-9,11,15,24H,10H2,1-2H3,(H,21,23). The van der Waals surface area contributed by atoms with E-state index in [0.717, 1.165) is 0 Å². The summed E-state index contributed by atoms with van der Waals surface area (Å²) >= 11 is 0. The number of alkyl halides is 3. The van der Waals surface area contributed by atoms with Gasteiger partial charge in [0.2, 0.25) is 5.91 Å². The summed E-state index contributed by atoms with van der Waals surface area (Å²) in [6.45, 7) is 1.40. The fraction of sp³-hybridized carbons (Fsp3) is 0.353. The van der Waals surface area contributed by atoms with E-state index in [9.17, 15) is 23.1 Å². The molecule has 0 aliphatic rings. The lowest BCUT2D eigenvalue weighted by Gasteiger charge is -2.26. The highest BCUT2D eigenvalue weighted by atomic mass is 19.4. The fourth-order valence-corrected chi connectivity index (χ4v) is 2.47. The number of amides is 1. The Hall–Kier alpha value is -2.28. The monoisotopic (exact) mass is 340 g/mol. The molecule has 1 aromatic heterocycles. The molecule has 0 radical (unpaired) electrons. The minimum absolute atomic E-state index is 0.0577. The first kappa shape index (κ1) is 18.1. The first-order chi connectivity index (χ1) is 11.1. The van der Waals surface area contributed by atoms with Crippen molar-refractivity contribution in [1.29, 1.82) is 0 Å². The number of carbonyl (C=O) groups excluding carboxylic acids is 1. The minimum atomic E-state index is -4.63. The summed E-state index contributed by atoms with van der Waals surface area (Å²) in [7, 11) is 1.60. The zero-order valence-electron chi connectivity index (χ0n) is 13.3. The van der Waals surface area contributed by atoms with Crippen molar-refractivity contribution in [3.05, 3.63) is 59.9 Å². The molecule has 2 N–H and O–H groups in total. The maximum atomic E-state index is 13.2. The van der Waals surface area contributed by atoms with E-state index < -0.39 is 30.1 Å². The van der Waals surface area contributed by atoms with Gasteiger partial charge in [-0.1, -0.05) is 30.3 Å². The van der Waals surface area contributed by atoms with Crippen LogP contribution in [0.3, 0.4) is 0 Å². The fourth-order valence-electron chi connectivity index (χ4n) is 2.47. The van der Waals surface area contributed by atoms with Crippen LogP contribution in [0.4, 0.5) is 13.2 Å². The first-order valence-corrected chi connectivity index (χ1v) is 7.35. The van der Waals surface area contributed by atoms with Crippen molar-refractivity contribution < 1.29 is 23.1 Å². The number of aliphatic hydroxyl groups is 1. The van der Waals surface area contributed by atoms with Crippen LogP contribution in [0.2, 0.25) is 0 Å². The van der Waals surface area contributed by atoms with E-state index in [1.165, 1.54) is 30.0 Å². The number of hydrogen-bond acceptors (Lipinski definition) is 2. The van der Waals surface area contributed by atoms with E-state index in [1.54, 1.807) is 37.4 Å². The molecule has 130 valence electrons. The zero-order chi connectivity index (χ0) is 18.0. The van der Waals surface area contributed by atoms with Crippen LogP contribution in [0.15, 0.2) is 48.8 Å². The third-order valence-corrected chi connectivity index (χ3v) is 3.72. The third kappa shape index (κ3) is 4.38. The molecule has 7 heteroatoms. The lowest BCUT2D eigenvalue weighted by molar-refractivity contribution is -0.164. The predicted octanol–water partition coefficient (Wildman–Crippen LogP) is 3.04. The Bertz CT molecular complexity index is 693. The van der Waals surface area contributed by atoms with E-state index in [0.29, 0.717) is 5.56 Å². The number of benzene rings is 1. The highest BCUT2D eigenvalue weighted by Gasteiger charge is 2.43. The van der Waals surface area contributed by atoms with Crippen LogP contribution >= 0.6 is 0 Å². The smallest absolute Gasteiger partial charge is 0.385 e. The van der Waals surface area contributed by atoms with Gasteiger partial charge in [-0.15, -0.1) is 0 Å². The Labute approximate surface area is 137 Å². The van der Waals surface area contributed by atoms with Crippen molar-refractivity contribution in [3.63, 3.8) is 0 Å². The number of hydrogen-bond donors (Lipinski definition) is 2. The van der Waals surface area contributed by atoms with Crippen LogP contribution < -0.4 is 5.32 Å². The average Bonchev–Trinajstić information content (AvgIpc) is 2.90. The number of aryl methyl sites for hydroxylation is 1. The van der Waals surface area contributed by atoms with Crippen LogP contribution in [0.1, 0.15) is 30.5 Å². The normalized spacial score (nSPS) is 15.6. The second kappa shape index (κ2) is 6.68. The quantitative estimate of drug-likeness (QED) is 0.879. The van der Waals surface area contributed by atoms with Gasteiger partial charge in [0.15, 0.2) is 6.04 Å². The molecule has 2 atom stereocenters. The number of aromatic nitrogens is 1. The van der Waals surface area contributed by atoms with Gasteiger partial charge in [-0.05, 0) is 18.6 Å². The second-order valence-corrected chi connectivity index (χ2v) is 5.97. The summed E-state index contributed by atoms with van der Waals surface area (Å²) < 4.78 is 41.2. The lowest BCUT2D eigenvalue weighted by atomic mass is 9.92. The predicted molar refractivity (Wildman–Crippen MR) is 83.0 cm³/mol. The van der Waals surface area contributed by atoms with E-state index >= 15 is 0 Å². The van der Waals surface area contributed by atoms with Gasteiger partial charge in [0.25, 0.3) is 0 Å². The van der Waals surface area contributed by atoms with Gasteiger partial charge in [-0.3, -0.25) is 4.79 Å². The first-order valence-electron chi connectivity index (χ1n) is 7.35. The maximum absolute atomic E-state index is 13.2. The second-order valence-electron chi connectivity index (χ2n) is 5.97. The van der Waals surface area contributed by atoms with Gasteiger partial charge in [-0.25, -0.2) is 0 Å². The zero-order valence-corrected chi connectivity index (χ0v) is 13.3. The van der Waals surface area contributed by atoms with Crippen LogP contribution in [0.25, 0.3) is 0 Å². The Balaban J connectivity index is 2.14. The molecule has 0 aliphatic carbocycles. The Morgan fingerprint density at radius 3 is 2.38 bits per heavy atom. The lowest BCUT2D eigenvalue weighted by Crippen LogP contribution is -2.40. The van der Waals surface area contributed by atoms with Crippen molar-refractivity contribution >= 4 is 5.91 Å². The van der Waals surface area contributed by atoms with E-state index in [2.05, 4.69) is 0 Å².